The molecule has 1 aliphatic heterocycles. The molecule has 3 heterocycles. The summed E-state index contributed by atoms with van der Waals surface area (Å²) in [6.45, 7) is 1.47. The predicted octanol–water partition coefficient (Wildman–Crippen LogP) is 3.45. The van der Waals surface area contributed by atoms with Crippen LogP contribution >= 0.6 is 0 Å². The van der Waals surface area contributed by atoms with E-state index in [9.17, 15) is 4.79 Å². The van der Waals surface area contributed by atoms with Crippen LogP contribution in [0.15, 0.2) is 48.7 Å². The van der Waals surface area contributed by atoms with Crippen molar-refractivity contribution in [1.29, 1.82) is 0 Å². The van der Waals surface area contributed by atoms with Gasteiger partial charge in [-0.05, 0) is 31.4 Å². The fraction of sp³-hybridized carbons (Fsp3) is 0.333. The fourth-order valence-electron chi connectivity index (χ4n) is 3.93. The molecule has 2 aromatic heterocycles. The van der Waals surface area contributed by atoms with Crippen molar-refractivity contribution >= 4 is 5.91 Å². The molecule has 0 unspecified atom stereocenters. The predicted molar refractivity (Wildman–Crippen MR) is 100 cm³/mol. The van der Waals surface area contributed by atoms with Crippen molar-refractivity contribution in [2.75, 3.05) is 13.1 Å². The highest BCUT2D eigenvalue weighted by atomic mass is 16.2. The van der Waals surface area contributed by atoms with Gasteiger partial charge in [0.05, 0.1) is 5.69 Å². The van der Waals surface area contributed by atoms with Crippen molar-refractivity contribution in [3.05, 3.63) is 65.6 Å². The largest absolute Gasteiger partial charge is 0.340 e. The Kier molecular flexibility index (Phi) is 3.66. The summed E-state index contributed by atoms with van der Waals surface area (Å²) in [7, 11) is 0. The van der Waals surface area contributed by atoms with Crippen LogP contribution < -0.4 is 0 Å². The summed E-state index contributed by atoms with van der Waals surface area (Å²) in [5.74, 6) is 0.154. The maximum atomic E-state index is 13.1. The number of amides is 1. The van der Waals surface area contributed by atoms with Gasteiger partial charge in [-0.15, -0.1) is 0 Å². The van der Waals surface area contributed by atoms with Crippen molar-refractivity contribution in [2.24, 2.45) is 0 Å². The smallest absolute Gasteiger partial charge is 0.270 e. The molecule has 5 rings (SSSR count). The molecule has 2 aliphatic rings. The number of hydrogen-bond acceptors (Lipinski definition) is 2. The third kappa shape index (κ3) is 2.64. The van der Waals surface area contributed by atoms with Gasteiger partial charge in [-0.3, -0.25) is 9.89 Å². The minimum Gasteiger partial charge on any atom is -0.340 e. The zero-order valence-electron chi connectivity index (χ0n) is 14.7. The summed E-state index contributed by atoms with van der Waals surface area (Å²) in [6, 6.07) is 14.7. The molecular weight excluding hydrogens is 324 g/mol. The summed E-state index contributed by atoms with van der Waals surface area (Å²) in [5, 5.41) is 7.75. The molecule has 1 fully saturated rings. The molecule has 132 valence electrons. The van der Waals surface area contributed by atoms with E-state index >= 15 is 0 Å². The number of H-pyrrole nitrogens is 1. The lowest BCUT2D eigenvalue weighted by Gasteiger charge is -2.21. The molecule has 1 N–H and O–H groups in total. The number of aromatic amines is 1. The average Bonchev–Trinajstić information content (AvgIpc) is 3.33. The van der Waals surface area contributed by atoms with Crippen molar-refractivity contribution in [1.82, 2.24) is 19.7 Å². The van der Waals surface area contributed by atoms with Crippen LogP contribution in [0.25, 0.3) is 11.3 Å². The normalized spacial score (nSPS) is 17.0. The number of fused-ring (bicyclic) bond motifs is 1. The molecule has 1 amide bonds. The standard InChI is InChI=1S/C21H22N4O/c26-21(19-7-4-12-25(19)16-8-9-16)24-13-10-17-18(11-14-24)22-23-20(17)15-5-2-1-3-6-15/h1-7,12,16H,8-11,13-14H2,(H,22,23). The summed E-state index contributed by atoms with van der Waals surface area (Å²) in [4.78, 5) is 15.1. The molecular formula is C21H22N4O. The van der Waals surface area contributed by atoms with E-state index in [1.54, 1.807) is 0 Å². The van der Waals surface area contributed by atoms with Crippen LogP contribution in [-0.2, 0) is 12.8 Å². The molecule has 0 spiro atoms. The average molecular weight is 346 g/mol. The Balaban J connectivity index is 1.38. The highest BCUT2D eigenvalue weighted by Gasteiger charge is 2.29. The van der Waals surface area contributed by atoms with E-state index in [0.717, 1.165) is 48.6 Å². The van der Waals surface area contributed by atoms with Crippen molar-refractivity contribution in [3.8, 4) is 11.3 Å². The first kappa shape index (κ1) is 15.4. The van der Waals surface area contributed by atoms with E-state index < -0.39 is 0 Å². The third-order valence-electron chi connectivity index (χ3n) is 5.49. The van der Waals surface area contributed by atoms with Crippen LogP contribution in [0.2, 0.25) is 0 Å². The third-order valence-corrected chi connectivity index (χ3v) is 5.49. The van der Waals surface area contributed by atoms with Crippen LogP contribution in [-0.4, -0.2) is 38.7 Å². The van der Waals surface area contributed by atoms with Crippen LogP contribution in [0.3, 0.4) is 0 Å². The van der Waals surface area contributed by atoms with Gasteiger partial charge in [0.15, 0.2) is 0 Å². The molecule has 0 saturated heterocycles. The van der Waals surface area contributed by atoms with E-state index in [4.69, 9.17) is 0 Å². The second-order valence-electron chi connectivity index (χ2n) is 7.22. The monoisotopic (exact) mass is 346 g/mol. The molecule has 0 bridgehead atoms. The number of rotatable bonds is 3. The maximum absolute atomic E-state index is 13.1. The zero-order chi connectivity index (χ0) is 17.5. The Morgan fingerprint density at radius 2 is 1.85 bits per heavy atom. The van der Waals surface area contributed by atoms with Gasteiger partial charge in [0.25, 0.3) is 5.91 Å². The van der Waals surface area contributed by atoms with Crippen molar-refractivity contribution < 1.29 is 4.79 Å². The Labute approximate surface area is 152 Å². The van der Waals surface area contributed by atoms with E-state index in [1.807, 2.05) is 41.4 Å². The SMILES string of the molecule is O=C(c1cccn1C1CC1)N1CCc2[nH]nc(-c3ccccc3)c2CC1. The van der Waals surface area contributed by atoms with Gasteiger partial charge in [-0.1, -0.05) is 30.3 Å². The summed E-state index contributed by atoms with van der Waals surface area (Å²) in [6.07, 6.45) is 6.08. The van der Waals surface area contributed by atoms with E-state index in [0.29, 0.717) is 6.04 Å². The Hall–Kier alpha value is -2.82. The molecule has 0 atom stereocenters. The van der Waals surface area contributed by atoms with E-state index in [1.165, 1.54) is 18.4 Å². The second-order valence-corrected chi connectivity index (χ2v) is 7.22. The number of benzene rings is 1. The molecule has 5 heteroatoms. The van der Waals surface area contributed by atoms with Gasteiger partial charge >= 0.3 is 0 Å². The molecule has 5 nitrogen and oxygen atoms in total. The number of carbonyl (C=O) groups excluding carboxylic acids is 1. The van der Waals surface area contributed by atoms with Crippen LogP contribution in [0.1, 0.15) is 40.6 Å². The van der Waals surface area contributed by atoms with Crippen molar-refractivity contribution in [3.63, 3.8) is 0 Å². The zero-order valence-corrected chi connectivity index (χ0v) is 14.7. The lowest BCUT2D eigenvalue weighted by atomic mass is 10.0. The lowest BCUT2D eigenvalue weighted by Crippen LogP contribution is -2.34. The topological polar surface area (TPSA) is 53.9 Å². The van der Waals surface area contributed by atoms with Gasteiger partial charge < -0.3 is 9.47 Å². The number of carbonyl (C=O) groups is 1. The molecule has 1 saturated carbocycles. The minimum atomic E-state index is 0.154. The Morgan fingerprint density at radius 1 is 1.04 bits per heavy atom. The molecule has 0 radical (unpaired) electrons. The summed E-state index contributed by atoms with van der Waals surface area (Å²) in [5.41, 5.74) is 5.41. The number of nitrogens with zero attached hydrogens (tertiary/aromatic N) is 3. The van der Waals surface area contributed by atoms with Crippen molar-refractivity contribution in [2.45, 2.75) is 31.7 Å². The minimum absolute atomic E-state index is 0.154. The summed E-state index contributed by atoms with van der Waals surface area (Å²) < 4.78 is 2.16. The van der Waals surface area contributed by atoms with Crippen LogP contribution in [0.5, 0.6) is 0 Å². The number of nitrogens with one attached hydrogen (secondary N) is 1. The maximum Gasteiger partial charge on any atom is 0.270 e. The van der Waals surface area contributed by atoms with Crippen LogP contribution in [0, 0.1) is 0 Å². The number of aromatic nitrogens is 3. The second kappa shape index (κ2) is 6.16. The molecule has 26 heavy (non-hydrogen) atoms. The van der Waals surface area contributed by atoms with Gasteiger partial charge in [-0.25, -0.2) is 0 Å². The van der Waals surface area contributed by atoms with Gasteiger partial charge in [0.1, 0.15) is 5.69 Å². The van der Waals surface area contributed by atoms with Gasteiger partial charge in [-0.2, -0.15) is 5.10 Å². The van der Waals surface area contributed by atoms with Crippen LogP contribution in [0.4, 0.5) is 0 Å². The van der Waals surface area contributed by atoms with E-state index in [-0.39, 0.29) is 5.91 Å². The molecule has 1 aromatic carbocycles. The first-order valence-electron chi connectivity index (χ1n) is 9.39. The Bertz CT molecular complexity index is 936. The highest BCUT2D eigenvalue weighted by Crippen LogP contribution is 2.36. The highest BCUT2D eigenvalue weighted by molar-refractivity contribution is 5.93. The quantitative estimate of drug-likeness (QED) is 0.790. The van der Waals surface area contributed by atoms with Gasteiger partial charge in [0.2, 0.25) is 0 Å². The molecule has 1 aliphatic carbocycles. The number of hydrogen-bond donors (Lipinski definition) is 1. The van der Waals surface area contributed by atoms with Gasteiger partial charge in [0, 0.05) is 48.6 Å². The Morgan fingerprint density at radius 3 is 2.65 bits per heavy atom. The van der Waals surface area contributed by atoms with E-state index in [2.05, 4.69) is 26.9 Å². The lowest BCUT2D eigenvalue weighted by molar-refractivity contribution is 0.0751. The summed E-state index contributed by atoms with van der Waals surface area (Å²) >= 11 is 0. The first-order valence-corrected chi connectivity index (χ1v) is 9.39. The first-order chi connectivity index (χ1) is 12.8. The fourth-order valence-corrected chi connectivity index (χ4v) is 3.93. The molecule has 3 aromatic rings.